The monoisotopic (exact) mass is 397 g/mol. The lowest BCUT2D eigenvalue weighted by Crippen LogP contribution is -2.28. The van der Waals surface area contributed by atoms with Crippen molar-refractivity contribution in [1.29, 1.82) is 5.26 Å². The molecule has 0 amide bonds. The van der Waals surface area contributed by atoms with Gasteiger partial charge in [0.1, 0.15) is 0 Å². The van der Waals surface area contributed by atoms with Crippen molar-refractivity contribution in [2.75, 3.05) is 39.5 Å². The second-order valence-corrected chi connectivity index (χ2v) is 9.83. The van der Waals surface area contributed by atoms with E-state index in [4.69, 9.17) is 0 Å². The fraction of sp³-hybridized carbons (Fsp3) is 0.409. The van der Waals surface area contributed by atoms with Gasteiger partial charge in [0.05, 0.1) is 17.4 Å². The second-order valence-electron chi connectivity index (χ2n) is 7.69. The van der Waals surface area contributed by atoms with Gasteiger partial charge in [0.2, 0.25) is 0 Å². The average Bonchev–Trinajstić information content (AvgIpc) is 2.85. The Hall–Kier alpha value is -2.20. The number of rotatable bonds is 5. The molecule has 1 saturated heterocycles. The SMILES string of the molecule is CN1CCCN(Cc2ccc(-c3ccc(CS(C)(=O)=O)cc3)c(C#N)c2)CC1. The third-order valence-electron chi connectivity index (χ3n) is 5.12. The molecule has 0 radical (unpaired) electrons. The van der Waals surface area contributed by atoms with Crippen molar-refractivity contribution in [3.63, 3.8) is 0 Å². The summed E-state index contributed by atoms with van der Waals surface area (Å²) in [5, 5.41) is 9.65. The van der Waals surface area contributed by atoms with Crippen LogP contribution in [-0.2, 0) is 22.1 Å². The number of hydrogen-bond acceptors (Lipinski definition) is 5. The molecule has 1 fully saturated rings. The number of nitriles is 1. The molecule has 3 rings (SSSR count). The van der Waals surface area contributed by atoms with Gasteiger partial charge in [-0.25, -0.2) is 8.42 Å². The maximum Gasteiger partial charge on any atom is 0.151 e. The summed E-state index contributed by atoms with van der Waals surface area (Å²) in [4.78, 5) is 4.80. The molecule has 0 saturated carbocycles. The van der Waals surface area contributed by atoms with Crippen molar-refractivity contribution in [3.8, 4) is 17.2 Å². The molecule has 0 atom stereocenters. The molecule has 5 nitrogen and oxygen atoms in total. The van der Waals surface area contributed by atoms with Gasteiger partial charge in [-0.2, -0.15) is 5.26 Å². The van der Waals surface area contributed by atoms with E-state index in [2.05, 4.69) is 29.0 Å². The maximum atomic E-state index is 11.4. The Balaban J connectivity index is 1.77. The van der Waals surface area contributed by atoms with Gasteiger partial charge >= 0.3 is 0 Å². The van der Waals surface area contributed by atoms with Crippen LogP contribution in [0.15, 0.2) is 42.5 Å². The summed E-state index contributed by atoms with van der Waals surface area (Å²) in [6.45, 7) is 5.19. The predicted molar refractivity (Wildman–Crippen MR) is 113 cm³/mol. The molecule has 0 N–H and O–H groups in total. The maximum absolute atomic E-state index is 11.4. The van der Waals surface area contributed by atoms with Gasteiger partial charge in [-0.15, -0.1) is 0 Å². The highest BCUT2D eigenvalue weighted by Gasteiger charge is 2.14. The van der Waals surface area contributed by atoms with E-state index >= 15 is 0 Å². The molecule has 0 bridgehead atoms. The first-order chi connectivity index (χ1) is 13.3. The van der Waals surface area contributed by atoms with Crippen LogP contribution in [0.3, 0.4) is 0 Å². The summed E-state index contributed by atoms with van der Waals surface area (Å²) in [5.74, 6) is 0.0301. The number of likely N-dealkylation sites (N-methyl/N-ethyl adjacent to an activating group) is 1. The lowest BCUT2D eigenvalue weighted by Gasteiger charge is -2.20. The molecule has 0 spiro atoms. The quantitative estimate of drug-likeness (QED) is 0.776. The van der Waals surface area contributed by atoms with Crippen LogP contribution in [0.1, 0.15) is 23.1 Å². The van der Waals surface area contributed by atoms with Gasteiger partial charge in [0.15, 0.2) is 9.84 Å². The van der Waals surface area contributed by atoms with Crippen LogP contribution in [0.2, 0.25) is 0 Å². The van der Waals surface area contributed by atoms with Crippen molar-refractivity contribution in [3.05, 3.63) is 59.2 Å². The van der Waals surface area contributed by atoms with Crippen LogP contribution in [0, 0.1) is 11.3 Å². The minimum Gasteiger partial charge on any atom is -0.305 e. The average molecular weight is 398 g/mol. The third kappa shape index (κ3) is 5.65. The minimum absolute atomic E-state index is 0.0301. The smallest absolute Gasteiger partial charge is 0.151 e. The van der Waals surface area contributed by atoms with Crippen LogP contribution >= 0.6 is 0 Å². The van der Waals surface area contributed by atoms with E-state index in [-0.39, 0.29) is 5.75 Å². The summed E-state index contributed by atoms with van der Waals surface area (Å²) < 4.78 is 22.9. The number of hydrogen-bond donors (Lipinski definition) is 0. The van der Waals surface area contributed by atoms with Crippen molar-refractivity contribution < 1.29 is 8.42 Å². The Morgan fingerprint density at radius 1 is 1.00 bits per heavy atom. The fourth-order valence-electron chi connectivity index (χ4n) is 3.63. The van der Waals surface area contributed by atoms with E-state index in [1.807, 2.05) is 36.4 Å². The van der Waals surface area contributed by atoms with Crippen LogP contribution in [-0.4, -0.2) is 57.7 Å². The Labute approximate surface area is 168 Å². The normalized spacial score (nSPS) is 16.5. The van der Waals surface area contributed by atoms with Gasteiger partial charge in [-0.05, 0) is 54.9 Å². The van der Waals surface area contributed by atoms with E-state index in [1.54, 1.807) is 0 Å². The summed E-state index contributed by atoms with van der Waals surface area (Å²) in [6, 6.07) is 15.8. The zero-order chi connectivity index (χ0) is 20.1. The molecule has 2 aromatic rings. The predicted octanol–water partition coefficient (Wildman–Crippen LogP) is 2.91. The van der Waals surface area contributed by atoms with Crippen molar-refractivity contribution in [2.24, 2.45) is 0 Å². The first-order valence-corrected chi connectivity index (χ1v) is 11.6. The molecule has 6 heteroatoms. The van der Waals surface area contributed by atoms with Gasteiger partial charge in [0.25, 0.3) is 0 Å². The molecule has 1 aliphatic heterocycles. The molecule has 1 aliphatic rings. The van der Waals surface area contributed by atoms with Gasteiger partial charge in [-0.3, -0.25) is 4.90 Å². The summed E-state index contributed by atoms with van der Waals surface area (Å²) in [5.41, 5.74) is 4.37. The minimum atomic E-state index is -3.05. The molecule has 148 valence electrons. The van der Waals surface area contributed by atoms with E-state index in [0.717, 1.165) is 55.0 Å². The Morgan fingerprint density at radius 3 is 2.39 bits per heavy atom. The second kappa shape index (κ2) is 8.87. The third-order valence-corrected chi connectivity index (χ3v) is 5.97. The molecule has 1 heterocycles. The zero-order valence-corrected chi connectivity index (χ0v) is 17.4. The topological polar surface area (TPSA) is 64.4 Å². The summed E-state index contributed by atoms with van der Waals surface area (Å²) >= 11 is 0. The van der Waals surface area contributed by atoms with Crippen molar-refractivity contribution >= 4 is 9.84 Å². The molecule has 0 aliphatic carbocycles. The Morgan fingerprint density at radius 2 is 1.71 bits per heavy atom. The molecule has 2 aromatic carbocycles. The van der Waals surface area contributed by atoms with Crippen molar-refractivity contribution in [1.82, 2.24) is 9.80 Å². The van der Waals surface area contributed by atoms with E-state index < -0.39 is 9.84 Å². The highest BCUT2D eigenvalue weighted by Crippen LogP contribution is 2.26. The summed E-state index contributed by atoms with van der Waals surface area (Å²) in [6.07, 6.45) is 2.40. The van der Waals surface area contributed by atoms with Crippen LogP contribution in [0.5, 0.6) is 0 Å². The fourth-order valence-corrected chi connectivity index (χ4v) is 4.43. The van der Waals surface area contributed by atoms with Gasteiger partial charge in [-0.1, -0.05) is 36.4 Å². The largest absolute Gasteiger partial charge is 0.305 e. The van der Waals surface area contributed by atoms with Crippen LogP contribution < -0.4 is 0 Å². The van der Waals surface area contributed by atoms with E-state index in [9.17, 15) is 13.7 Å². The Kier molecular flexibility index (Phi) is 6.50. The zero-order valence-electron chi connectivity index (χ0n) is 16.6. The molecular weight excluding hydrogens is 370 g/mol. The lowest BCUT2D eigenvalue weighted by molar-refractivity contribution is 0.269. The Bertz CT molecular complexity index is 962. The number of sulfone groups is 1. The van der Waals surface area contributed by atoms with Crippen molar-refractivity contribution in [2.45, 2.75) is 18.7 Å². The lowest BCUT2D eigenvalue weighted by atomic mass is 9.97. The molecular formula is C22H27N3O2S. The van der Waals surface area contributed by atoms with Gasteiger partial charge < -0.3 is 4.90 Å². The first-order valence-electron chi connectivity index (χ1n) is 9.55. The summed E-state index contributed by atoms with van der Waals surface area (Å²) in [7, 11) is -0.893. The van der Waals surface area contributed by atoms with Crippen LogP contribution in [0.25, 0.3) is 11.1 Å². The first kappa shape index (κ1) is 20.5. The number of nitrogens with zero attached hydrogens (tertiary/aromatic N) is 3. The van der Waals surface area contributed by atoms with E-state index in [1.165, 1.54) is 12.7 Å². The number of benzene rings is 2. The van der Waals surface area contributed by atoms with E-state index in [0.29, 0.717) is 5.56 Å². The highest BCUT2D eigenvalue weighted by atomic mass is 32.2. The molecule has 0 unspecified atom stereocenters. The van der Waals surface area contributed by atoms with Crippen LogP contribution in [0.4, 0.5) is 0 Å². The standard InChI is InChI=1S/C22H27N3O2S/c1-24-10-3-11-25(13-12-24)16-19-6-9-22(21(14-19)15-23)20-7-4-18(5-8-20)17-28(2,26)27/h4-9,14H,3,10-13,16-17H2,1-2H3. The molecule has 28 heavy (non-hydrogen) atoms. The molecule has 0 aromatic heterocycles. The van der Waals surface area contributed by atoms with Gasteiger partial charge in [0, 0.05) is 25.9 Å². The highest BCUT2D eigenvalue weighted by molar-refractivity contribution is 7.89.